The SMILES string of the molecule is Cc1ccc2c(c1)C(O)(CC(=O)c1ccc(OCC(=O)N3CCCCC3)cc1)C(=O)N2. The Kier molecular flexibility index (Phi) is 5.78. The molecule has 2 aromatic carbocycles. The summed E-state index contributed by atoms with van der Waals surface area (Å²) >= 11 is 0. The Morgan fingerprint density at radius 3 is 2.52 bits per heavy atom. The second-order valence-corrected chi connectivity index (χ2v) is 8.22. The van der Waals surface area contributed by atoms with Gasteiger partial charge in [-0.15, -0.1) is 0 Å². The number of ketones is 1. The number of hydrogen-bond donors (Lipinski definition) is 2. The number of nitrogens with zero attached hydrogens (tertiary/aromatic N) is 1. The van der Waals surface area contributed by atoms with Crippen molar-refractivity contribution in [3.05, 3.63) is 59.2 Å². The second-order valence-electron chi connectivity index (χ2n) is 8.22. The molecule has 2 amide bonds. The van der Waals surface area contributed by atoms with E-state index in [4.69, 9.17) is 4.74 Å². The van der Waals surface area contributed by atoms with Gasteiger partial charge in [-0.3, -0.25) is 14.4 Å². The van der Waals surface area contributed by atoms with E-state index in [0.717, 1.165) is 37.9 Å². The Hall–Kier alpha value is -3.19. The van der Waals surface area contributed by atoms with Crippen LogP contribution in [0.1, 0.15) is 47.2 Å². The van der Waals surface area contributed by atoms with Gasteiger partial charge in [-0.05, 0) is 56.5 Å². The third-order valence-electron chi connectivity index (χ3n) is 5.91. The lowest BCUT2D eigenvalue weighted by molar-refractivity contribution is -0.134. The number of nitrogens with one attached hydrogen (secondary N) is 1. The van der Waals surface area contributed by atoms with Crippen LogP contribution in [0.2, 0.25) is 0 Å². The van der Waals surface area contributed by atoms with Crippen LogP contribution in [0.3, 0.4) is 0 Å². The smallest absolute Gasteiger partial charge is 0.261 e. The number of carbonyl (C=O) groups is 3. The molecule has 1 atom stereocenters. The lowest BCUT2D eigenvalue weighted by atomic mass is 9.87. The Morgan fingerprint density at radius 2 is 1.81 bits per heavy atom. The number of rotatable bonds is 6. The van der Waals surface area contributed by atoms with Crippen molar-refractivity contribution >= 4 is 23.3 Å². The molecule has 2 N–H and O–H groups in total. The maximum atomic E-state index is 12.8. The van der Waals surface area contributed by atoms with Crippen molar-refractivity contribution < 1.29 is 24.2 Å². The minimum atomic E-state index is -1.89. The number of aliphatic hydroxyl groups is 1. The van der Waals surface area contributed by atoms with Gasteiger partial charge in [0.25, 0.3) is 11.8 Å². The summed E-state index contributed by atoms with van der Waals surface area (Å²) in [6.45, 7) is 3.37. The van der Waals surface area contributed by atoms with Crippen molar-refractivity contribution in [2.24, 2.45) is 0 Å². The van der Waals surface area contributed by atoms with Crippen LogP contribution < -0.4 is 10.1 Å². The van der Waals surface area contributed by atoms with E-state index in [1.807, 2.05) is 17.9 Å². The largest absolute Gasteiger partial charge is 0.484 e. The Labute approximate surface area is 181 Å². The Balaban J connectivity index is 1.39. The van der Waals surface area contributed by atoms with E-state index in [9.17, 15) is 19.5 Å². The van der Waals surface area contributed by atoms with E-state index in [0.29, 0.717) is 22.6 Å². The summed E-state index contributed by atoms with van der Waals surface area (Å²) in [5.41, 5.74) is 0.294. The molecule has 0 aliphatic carbocycles. The van der Waals surface area contributed by atoms with Crippen LogP contribution in [-0.2, 0) is 15.2 Å². The summed E-state index contributed by atoms with van der Waals surface area (Å²) in [6, 6.07) is 11.7. The number of aryl methyl sites for hydroxylation is 1. The molecule has 162 valence electrons. The van der Waals surface area contributed by atoms with E-state index in [-0.39, 0.29) is 24.7 Å². The molecule has 0 bridgehead atoms. The summed E-state index contributed by atoms with van der Waals surface area (Å²) in [4.78, 5) is 39.2. The lowest BCUT2D eigenvalue weighted by Gasteiger charge is -2.26. The standard InChI is InChI=1S/C24H26N2O5/c1-16-5-10-20-19(13-16)24(30,23(29)25-20)14-21(27)17-6-8-18(9-7-17)31-15-22(28)26-11-3-2-4-12-26/h5-10,13,30H,2-4,11-12,14-15H2,1H3,(H,25,29). The fourth-order valence-electron chi connectivity index (χ4n) is 4.08. The van der Waals surface area contributed by atoms with Crippen LogP contribution in [0.25, 0.3) is 0 Å². The van der Waals surface area contributed by atoms with E-state index in [2.05, 4.69) is 5.32 Å². The number of carbonyl (C=O) groups excluding carboxylic acids is 3. The molecule has 2 aromatic rings. The number of anilines is 1. The molecular weight excluding hydrogens is 396 g/mol. The summed E-state index contributed by atoms with van der Waals surface area (Å²) in [5, 5.41) is 13.6. The van der Waals surface area contributed by atoms with Gasteiger partial charge in [0.1, 0.15) is 5.75 Å². The van der Waals surface area contributed by atoms with Crippen molar-refractivity contribution in [3.8, 4) is 5.75 Å². The molecule has 2 heterocycles. The minimum Gasteiger partial charge on any atom is -0.484 e. The van der Waals surface area contributed by atoms with Crippen molar-refractivity contribution in [1.82, 2.24) is 4.90 Å². The van der Waals surface area contributed by atoms with Gasteiger partial charge in [-0.25, -0.2) is 0 Å². The van der Waals surface area contributed by atoms with Crippen LogP contribution in [0.4, 0.5) is 5.69 Å². The van der Waals surface area contributed by atoms with Crippen molar-refractivity contribution in [2.75, 3.05) is 25.0 Å². The molecule has 0 radical (unpaired) electrons. The molecule has 1 unspecified atom stereocenters. The van der Waals surface area contributed by atoms with Gasteiger partial charge in [-0.2, -0.15) is 0 Å². The third-order valence-corrected chi connectivity index (χ3v) is 5.91. The minimum absolute atomic E-state index is 0.0383. The molecule has 7 nitrogen and oxygen atoms in total. The average molecular weight is 422 g/mol. The molecule has 1 fully saturated rings. The molecule has 4 rings (SSSR count). The quantitative estimate of drug-likeness (QED) is 0.698. The van der Waals surface area contributed by atoms with Crippen LogP contribution in [-0.4, -0.2) is 47.3 Å². The lowest BCUT2D eigenvalue weighted by Crippen LogP contribution is -2.38. The Bertz CT molecular complexity index is 1010. The first kappa shape index (κ1) is 21.1. The number of amides is 2. The van der Waals surface area contributed by atoms with Gasteiger partial charge in [-0.1, -0.05) is 17.7 Å². The number of hydrogen-bond acceptors (Lipinski definition) is 5. The maximum Gasteiger partial charge on any atom is 0.261 e. The number of benzene rings is 2. The molecule has 2 aliphatic heterocycles. The molecular formula is C24H26N2O5. The van der Waals surface area contributed by atoms with Gasteiger partial charge in [0.15, 0.2) is 18.0 Å². The molecule has 0 aromatic heterocycles. The van der Waals surface area contributed by atoms with Gasteiger partial charge in [0.05, 0.1) is 6.42 Å². The number of fused-ring (bicyclic) bond motifs is 1. The van der Waals surface area contributed by atoms with Gasteiger partial charge in [0, 0.05) is 29.9 Å². The second kappa shape index (κ2) is 8.51. The third kappa shape index (κ3) is 4.32. The average Bonchev–Trinajstić information content (AvgIpc) is 3.02. The zero-order valence-corrected chi connectivity index (χ0v) is 17.5. The fraction of sp³-hybridized carbons (Fsp3) is 0.375. The highest BCUT2D eigenvalue weighted by molar-refractivity contribution is 6.09. The highest BCUT2D eigenvalue weighted by atomic mass is 16.5. The summed E-state index contributed by atoms with van der Waals surface area (Å²) in [5.74, 6) is -0.510. The first-order chi connectivity index (χ1) is 14.9. The first-order valence-corrected chi connectivity index (χ1v) is 10.6. The fourth-order valence-corrected chi connectivity index (χ4v) is 4.08. The molecule has 0 saturated carbocycles. The van der Waals surface area contributed by atoms with E-state index in [1.165, 1.54) is 0 Å². The Morgan fingerprint density at radius 1 is 1.10 bits per heavy atom. The number of ether oxygens (including phenoxy) is 1. The summed E-state index contributed by atoms with van der Waals surface area (Å²) < 4.78 is 5.57. The molecule has 0 spiro atoms. The van der Waals surface area contributed by atoms with Gasteiger partial charge < -0.3 is 20.1 Å². The van der Waals surface area contributed by atoms with Gasteiger partial charge >= 0.3 is 0 Å². The number of likely N-dealkylation sites (tertiary alicyclic amines) is 1. The van der Waals surface area contributed by atoms with Crippen LogP contribution >= 0.6 is 0 Å². The van der Waals surface area contributed by atoms with E-state index < -0.39 is 11.5 Å². The zero-order valence-electron chi connectivity index (χ0n) is 17.5. The van der Waals surface area contributed by atoms with Crippen LogP contribution in [0.15, 0.2) is 42.5 Å². The van der Waals surface area contributed by atoms with Crippen LogP contribution in [0, 0.1) is 6.92 Å². The van der Waals surface area contributed by atoms with Crippen LogP contribution in [0.5, 0.6) is 5.75 Å². The zero-order chi connectivity index (χ0) is 22.0. The van der Waals surface area contributed by atoms with Crippen molar-refractivity contribution in [2.45, 2.75) is 38.2 Å². The first-order valence-electron chi connectivity index (χ1n) is 10.6. The predicted octanol–water partition coefficient (Wildman–Crippen LogP) is 2.80. The van der Waals surface area contributed by atoms with E-state index in [1.54, 1.807) is 36.4 Å². The normalized spacial score (nSPS) is 20.2. The molecule has 1 saturated heterocycles. The monoisotopic (exact) mass is 422 g/mol. The summed E-state index contributed by atoms with van der Waals surface area (Å²) in [7, 11) is 0. The maximum absolute atomic E-state index is 12.8. The molecule has 31 heavy (non-hydrogen) atoms. The topological polar surface area (TPSA) is 95.9 Å². The molecule has 7 heteroatoms. The highest BCUT2D eigenvalue weighted by Gasteiger charge is 2.46. The predicted molar refractivity (Wildman–Crippen MR) is 115 cm³/mol. The van der Waals surface area contributed by atoms with Crippen molar-refractivity contribution in [3.63, 3.8) is 0 Å². The van der Waals surface area contributed by atoms with Crippen molar-refractivity contribution in [1.29, 1.82) is 0 Å². The van der Waals surface area contributed by atoms with Gasteiger partial charge in [0.2, 0.25) is 0 Å². The number of Topliss-reactive ketones (excluding diaryl/α,β-unsaturated/α-hetero) is 1. The van der Waals surface area contributed by atoms with E-state index >= 15 is 0 Å². The highest BCUT2D eigenvalue weighted by Crippen LogP contribution is 2.39. The molecule has 2 aliphatic rings. The number of piperidine rings is 1. The summed E-state index contributed by atoms with van der Waals surface area (Å²) in [6.07, 6.45) is 2.85.